The van der Waals surface area contributed by atoms with Crippen LogP contribution in [0.15, 0.2) is 54.6 Å². The second-order valence-corrected chi connectivity index (χ2v) is 5.05. The van der Waals surface area contributed by atoms with Crippen LogP contribution >= 0.6 is 0 Å². The van der Waals surface area contributed by atoms with Gasteiger partial charge in [0.05, 0.1) is 13.5 Å². The molecule has 2 aromatic rings. The molecule has 0 unspecified atom stereocenters. The third kappa shape index (κ3) is 4.19. The van der Waals surface area contributed by atoms with E-state index in [2.05, 4.69) is 10.1 Å². The smallest absolute Gasteiger partial charge is 0.328 e. The van der Waals surface area contributed by atoms with Crippen molar-refractivity contribution in [1.82, 2.24) is 5.32 Å². The van der Waals surface area contributed by atoms with Gasteiger partial charge in [-0.2, -0.15) is 0 Å². The van der Waals surface area contributed by atoms with Crippen molar-refractivity contribution in [3.8, 4) is 11.1 Å². The van der Waals surface area contributed by atoms with Crippen LogP contribution < -0.4 is 5.32 Å². The Kier molecular flexibility index (Phi) is 5.31. The number of benzene rings is 2. The largest absolute Gasteiger partial charge is 0.467 e. The quantitative estimate of drug-likeness (QED) is 0.863. The van der Waals surface area contributed by atoms with Gasteiger partial charge in [-0.05, 0) is 23.6 Å². The molecule has 0 aliphatic carbocycles. The molecule has 1 N–H and O–H groups in total. The van der Waals surface area contributed by atoms with E-state index >= 15 is 0 Å². The van der Waals surface area contributed by atoms with Crippen molar-refractivity contribution in [2.24, 2.45) is 0 Å². The fourth-order valence-electron chi connectivity index (χ4n) is 2.16. The summed E-state index contributed by atoms with van der Waals surface area (Å²) in [6.45, 7) is 1.60. The lowest BCUT2D eigenvalue weighted by Crippen LogP contribution is -2.39. The van der Waals surface area contributed by atoms with Gasteiger partial charge in [-0.15, -0.1) is 0 Å². The van der Waals surface area contributed by atoms with Crippen LogP contribution in [0.1, 0.15) is 12.5 Å². The SMILES string of the molecule is COC(=O)[C@@H](C)NC(=O)Cc1ccc(-c2ccccc2)cc1. The van der Waals surface area contributed by atoms with Gasteiger partial charge in [-0.25, -0.2) is 4.79 Å². The maximum atomic E-state index is 11.9. The Labute approximate surface area is 130 Å². The van der Waals surface area contributed by atoms with Crippen LogP contribution in [0, 0.1) is 0 Å². The molecule has 0 spiro atoms. The molecule has 1 atom stereocenters. The number of methoxy groups -OCH3 is 1. The summed E-state index contributed by atoms with van der Waals surface area (Å²) in [5.41, 5.74) is 3.14. The van der Waals surface area contributed by atoms with Crippen molar-refractivity contribution in [1.29, 1.82) is 0 Å². The first-order valence-corrected chi connectivity index (χ1v) is 7.11. The van der Waals surface area contributed by atoms with E-state index in [1.807, 2.05) is 54.6 Å². The number of ether oxygens (including phenoxy) is 1. The first kappa shape index (κ1) is 15.8. The van der Waals surface area contributed by atoms with Gasteiger partial charge in [0, 0.05) is 0 Å². The van der Waals surface area contributed by atoms with Gasteiger partial charge >= 0.3 is 5.97 Å². The molecule has 0 aliphatic rings. The normalized spacial score (nSPS) is 11.5. The summed E-state index contributed by atoms with van der Waals surface area (Å²) in [6, 6.07) is 17.2. The van der Waals surface area contributed by atoms with Gasteiger partial charge in [0.15, 0.2) is 0 Å². The summed E-state index contributed by atoms with van der Waals surface area (Å²) in [5.74, 6) is -0.655. The zero-order valence-corrected chi connectivity index (χ0v) is 12.7. The van der Waals surface area contributed by atoms with Crippen molar-refractivity contribution in [3.63, 3.8) is 0 Å². The lowest BCUT2D eigenvalue weighted by atomic mass is 10.0. The van der Waals surface area contributed by atoms with Crippen LogP contribution in [0.25, 0.3) is 11.1 Å². The van der Waals surface area contributed by atoms with Crippen LogP contribution in [-0.4, -0.2) is 25.0 Å². The highest BCUT2D eigenvalue weighted by molar-refractivity contribution is 5.85. The minimum absolute atomic E-state index is 0.203. The Balaban J connectivity index is 1.97. The van der Waals surface area contributed by atoms with E-state index in [1.165, 1.54) is 7.11 Å². The van der Waals surface area contributed by atoms with Crippen LogP contribution in [0.2, 0.25) is 0 Å². The molecule has 22 heavy (non-hydrogen) atoms. The monoisotopic (exact) mass is 297 g/mol. The van der Waals surface area contributed by atoms with E-state index < -0.39 is 12.0 Å². The van der Waals surface area contributed by atoms with Gasteiger partial charge < -0.3 is 10.1 Å². The zero-order valence-electron chi connectivity index (χ0n) is 12.7. The van der Waals surface area contributed by atoms with E-state index in [4.69, 9.17) is 0 Å². The molecule has 4 heteroatoms. The van der Waals surface area contributed by atoms with Crippen LogP contribution in [0.5, 0.6) is 0 Å². The molecule has 0 aliphatic heterocycles. The van der Waals surface area contributed by atoms with Gasteiger partial charge in [-0.1, -0.05) is 54.6 Å². The minimum Gasteiger partial charge on any atom is -0.467 e. The van der Waals surface area contributed by atoms with E-state index in [1.54, 1.807) is 6.92 Å². The number of hydrogen-bond donors (Lipinski definition) is 1. The summed E-state index contributed by atoms with van der Waals surface area (Å²) in [4.78, 5) is 23.1. The topological polar surface area (TPSA) is 55.4 Å². The number of rotatable bonds is 5. The average molecular weight is 297 g/mol. The fraction of sp³-hybridized carbons (Fsp3) is 0.222. The van der Waals surface area contributed by atoms with Crippen molar-refractivity contribution >= 4 is 11.9 Å². The lowest BCUT2D eigenvalue weighted by molar-refractivity contribution is -0.144. The van der Waals surface area contributed by atoms with Crippen molar-refractivity contribution in [3.05, 3.63) is 60.2 Å². The summed E-state index contributed by atoms with van der Waals surface area (Å²) in [5, 5.41) is 2.61. The van der Waals surface area contributed by atoms with Gasteiger partial charge in [0.25, 0.3) is 0 Å². The predicted octanol–water partition coefficient (Wildman–Crippen LogP) is 2.57. The van der Waals surface area contributed by atoms with E-state index in [0.717, 1.165) is 16.7 Å². The molecule has 0 saturated carbocycles. The molecule has 4 nitrogen and oxygen atoms in total. The number of carbonyl (C=O) groups excluding carboxylic acids is 2. The summed E-state index contributed by atoms with van der Waals surface area (Å²) < 4.78 is 4.57. The Hall–Kier alpha value is -2.62. The van der Waals surface area contributed by atoms with E-state index in [-0.39, 0.29) is 12.3 Å². The second-order valence-electron chi connectivity index (χ2n) is 5.05. The van der Waals surface area contributed by atoms with Crippen LogP contribution in [0.4, 0.5) is 0 Å². The highest BCUT2D eigenvalue weighted by Crippen LogP contribution is 2.19. The molecule has 0 saturated heterocycles. The molecule has 0 heterocycles. The van der Waals surface area contributed by atoms with Crippen LogP contribution in [0.3, 0.4) is 0 Å². The Morgan fingerprint density at radius 3 is 2.18 bits per heavy atom. The van der Waals surface area contributed by atoms with Crippen LogP contribution in [-0.2, 0) is 20.7 Å². The number of carbonyl (C=O) groups is 2. The minimum atomic E-state index is -0.638. The molecule has 0 bridgehead atoms. The first-order chi connectivity index (χ1) is 10.6. The Morgan fingerprint density at radius 1 is 1.00 bits per heavy atom. The molecule has 0 aromatic heterocycles. The lowest BCUT2D eigenvalue weighted by Gasteiger charge is -2.11. The zero-order chi connectivity index (χ0) is 15.9. The maximum Gasteiger partial charge on any atom is 0.328 e. The first-order valence-electron chi connectivity index (χ1n) is 7.11. The average Bonchev–Trinajstić information content (AvgIpc) is 2.55. The highest BCUT2D eigenvalue weighted by Gasteiger charge is 2.15. The Bertz CT molecular complexity index is 635. The third-order valence-corrected chi connectivity index (χ3v) is 3.36. The number of nitrogens with one attached hydrogen (secondary N) is 1. The number of amides is 1. The van der Waals surface area contributed by atoms with E-state index in [0.29, 0.717) is 0 Å². The predicted molar refractivity (Wildman–Crippen MR) is 85.2 cm³/mol. The number of hydrogen-bond acceptors (Lipinski definition) is 3. The molecule has 2 rings (SSSR count). The van der Waals surface area contributed by atoms with E-state index in [9.17, 15) is 9.59 Å². The summed E-state index contributed by atoms with van der Waals surface area (Å²) in [7, 11) is 1.30. The van der Waals surface area contributed by atoms with Gasteiger partial charge in [-0.3, -0.25) is 4.79 Å². The maximum absolute atomic E-state index is 11.9. The fourth-order valence-corrected chi connectivity index (χ4v) is 2.16. The number of esters is 1. The third-order valence-electron chi connectivity index (χ3n) is 3.36. The standard InChI is InChI=1S/C18H19NO3/c1-13(18(21)22-2)19-17(20)12-14-8-10-16(11-9-14)15-6-4-3-5-7-15/h3-11,13H,12H2,1-2H3,(H,19,20)/t13-/m1/s1. The Morgan fingerprint density at radius 2 is 1.59 bits per heavy atom. The molecular formula is C18H19NO3. The highest BCUT2D eigenvalue weighted by atomic mass is 16.5. The molecule has 114 valence electrons. The second kappa shape index (κ2) is 7.41. The summed E-state index contributed by atoms with van der Waals surface area (Å²) >= 11 is 0. The van der Waals surface area contributed by atoms with Gasteiger partial charge in [0.1, 0.15) is 6.04 Å². The molecule has 0 fully saturated rings. The summed E-state index contributed by atoms with van der Waals surface area (Å²) in [6.07, 6.45) is 0.233. The molecular weight excluding hydrogens is 278 g/mol. The van der Waals surface area contributed by atoms with Crippen molar-refractivity contribution < 1.29 is 14.3 Å². The molecule has 1 amide bonds. The molecule has 0 radical (unpaired) electrons. The van der Waals surface area contributed by atoms with Crippen molar-refractivity contribution in [2.45, 2.75) is 19.4 Å². The molecule has 2 aromatic carbocycles. The van der Waals surface area contributed by atoms with Gasteiger partial charge in [0.2, 0.25) is 5.91 Å². The van der Waals surface area contributed by atoms with Crippen molar-refractivity contribution in [2.75, 3.05) is 7.11 Å².